The number of ketones is 1. The molecule has 0 fully saturated rings. The van der Waals surface area contributed by atoms with E-state index < -0.39 is 0 Å². The summed E-state index contributed by atoms with van der Waals surface area (Å²) in [6, 6.07) is 0. The smallest absolute Gasteiger partial charge is 0.253 e. The summed E-state index contributed by atoms with van der Waals surface area (Å²) < 4.78 is 0. The average molecular weight is 167 g/mol. The summed E-state index contributed by atoms with van der Waals surface area (Å²) in [5.74, 6) is -0.690. The first-order valence-electron chi connectivity index (χ1n) is 3.64. The zero-order valence-electron chi connectivity index (χ0n) is 6.74. The zero-order chi connectivity index (χ0) is 9.14. The number of imide groups is 1. The van der Waals surface area contributed by atoms with Crippen LogP contribution in [0.25, 0.3) is 0 Å². The van der Waals surface area contributed by atoms with Gasteiger partial charge in [0, 0.05) is 25.1 Å². The number of nitrogens with zero attached hydrogens (tertiary/aromatic N) is 1. The fourth-order valence-corrected chi connectivity index (χ4v) is 0.921. The Kier molecular flexibility index (Phi) is 2.38. The van der Waals surface area contributed by atoms with Crippen molar-refractivity contribution >= 4 is 17.6 Å². The van der Waals surface area contributed by atoms with Crippen LogP contribution in [0.3, 0.4) is 0 Å². The Morgan fingerprint density at radius 3 is 2.25 bits per heavy atom. The zero-order valence-corrected chi connectivity index (χ0v) is 6.74. The molecule has 0 aromatic carbocycles. The monoisotopic (exact) mass is 167 g/mol. The molecule has 2 amide bonds. The molecule has 1 rings (SSSR count). The van der Waals surface area contributed by atoms with Gasteiger partial charge < -0.3 is 0 Å². The molecule has 1 aliphatic heterocycles. The topological polar surface area (TPSA) is 54.5 Å². The minimum absolute atomic E-state index is 0.0255. The molecule has 1 aliphatic rings. The predicted molar refractivity (Wildman–Crippen MR) is 41.2 cm³/mol. The van der Waals surface area contributed by atoms with E-state index in [4.69, 9.17) is 0 Å². The lowest BCUT2D eigenvalue weighted by Gasteiger charge is -2.11. The second kappa shape index (κ2) is 3.30. The number of amides is 2. The van der Waals surface area contributed by atoms with Crippen molar-refractivity contribution in [1.82, 2.24) is 4.90 Å². The van der Waals surface area contributed by atoms with Crippen molar-refractivity contribution in [3.63, 3.8) is 0 Å². The van der Waals surface area contributed by atoms with Gasteiger partial charge in [-0.25, -0.2) is 0 Å². The van der Waals surface area contributed by atoms with Gasteiger partial charge in [0.05, 0.1) is 0 Å². The fraction of sp³-hybridized carbons (Fsp3) is 0.375. The number of carbonyl (C=O) groups is 3. The normalized spacial score (nSPS) is 15.9. The minimum atomic E-state index is -0.332. The van der Waals surface area contributed by atoms with Crippen molar-refractivity contribution in [1.29, 1.82) is 0 Å². The predicted octanol–water partition coefficient (Wildman–Crippen LogP) is -0.109. The molecule has 0 unspecified atom stereocenters. The Bertz CT molecular complexity index is 249. The molecule has 0 bridgehead atoms. The van der Waals surface area contributed by atoms with Crippen LogP contribution in [0.15, 0.2) is 12.2 Å². The van der Waals surface area contributed by atoms with Gasteiger partial charge in [0.1, 0.15) is 5.78 Å². The van der Waals surface area contributed by atoms with Gasteiger partial charge in [-0.05, 0) is 6.92 Å². The van der Waals surface area contributed by atoms with Gasteiger partial charge in [-0.2, -0.15) is 0 Å². The van der Waals surface area contributed by atoms with Gasteiger partial charge >= 0.3 is 0 Å². The van der Waals surface area contributed by atoms with Gasteiger partial charge in [0.15, 0.2) is 0 Å². The van der Waals surface area contributed by atoms with Crippen LogP contribution >= 0.6 is 0 Å². The van der Waals surface area contributed by atoms with Crippen LogP contribution in [0.2, 0.25) is 0 Å². The number of rotatable bonds is 3. The van der Waals surface area contributed by atoms with Crippen LogP contribution in [-0.4, -0.2) is 29.0 Å². The molecule has 4 heteroatoms. The highest BCUT2D eigenvalue weighted by atomic mass is 16.2. The van der Waals surface area contributed by atoms with Crippen molar-refractivity contribution in [2.24, 2.45) is 0 Å². The van der Waals surface area contributed by atoms with E-state index >= 15 is 0 Å². The maximum absolute atomic E-state index is 10.9. The SMILES string of the molecule is CC(=O)CCN1C(=O)C=CC1=O. The lowest BCUT2D eigenvalue weighted by atomic mass is 10.3. The Labute approximate surface area is 69.8 Å². The second-order valence-corrected chi connectivity index (χ2v) is 2.61. The van der Waals surface area contributed by atoms with Gasteiger partial charge in [-0.3, -0.25) is 19.3 Å². The van der Waals surface area contributed by atoms with Gasteiger partial charge in [0.25, 0.3) is 11.8 Å². The largest absolute Gasteiger partial charge is 0.300 e. The first-order chi connectivity index (χ1) is 5.61. The molecule has 64 valence electrons. The Morgan fingerprint density at radius 2 is 1.83 bits per heavy atom. The molecule has 0 spiro atoms. The van der Waals surface area contributed by atoms with E-state index in [2.05, 4.69) is 0 Å². The maximum Gasteiger partial charge on any atom is 0.253 e. The third-order valence-electron chi connectivity index (χ3n) is 1.59. The number of carbonyl (C=O) groups excluding carboxylic acids is 3. The summed E-state index contributed by atoms with van der Waals surface area (Å²) in [7, 11) is 0. The van der Waals surface area contributed by atoms with E-state index in [1.807, 2.05) is 0 Å². The standard InChI is InChI=1S/C8H9NO3/c1-6(10)4-5-9-7(11)2-3-8(9)12/h2-3H,4-5H2,1H3. The lowest BCUT2D eigenvalue weighted by molar-refractivity contribution is -0.137. The summed E-state index contributed by atoms with van der Waals surface area (Å²) in [5, 5.41) is 0. The van der Waals surface area contributed by atoms with Gasteiger partial charge in [0.2, 0.25) is 0 Å². The molecule has 0 saturated carbocycles. The minimum Gasteiger partial charge on any atom is -0.300 e. The van der Waals surface area contributed by atoms with Crippen LogP contribution in [0, 0.1) is 0 Å². The number of hydrogen-bond donors (Lipinski definition) is 0. The molecule has 0 radical (unpaired) electrons. The third-order valence-corrected chi connectivity index (χ3v) is 1.59. The van der Waals surface area contributed by atoms with Crippen LogP contribution in [0.5, 0.6) is 0 Å². The molecule has 0 aromatic heterocycles. The van der Waals surface area contributed by atoms with Crippen LogP contribution in [0.1, 0.15) is 13.3 Å². The number of Topliss-reactive ketones (excluding diaryl/α,β-unsaturated/α-hetero) is 1. The molecule has 0 aromatic rings. The van der Waals surface area contributed by atoms with Crippen molar-refractivity contribution in [2.45, 2.75) is 13.3 Å². The van der Waals surface area contributed by atoms with E-state index in [1.165, 1.54) is 19.1 Å². The summed E-state index contributed by atoms with van der Waals surface area (Å²) in [6.45, 7) is 1.62. The molecule has 1 heterocycles. The van der Waals surface area contributed by atoms with Crippen molar-refractivity contribution in [3.8, 4) is 0 Å². The average Bonchev–Trinajstić information content (AvgIpc) is 2.28. The van der Waals surface area contributed by atoms with Gasteiger partial charge in [-0.15, -0.1) is 0 Å². The summed E-state index contributed by atoms with van der Waals surface area (Å²) in [6.07, 6.45) is 2.66. The fourth-order valence-electron chi connectivity index (χ4n) is 0.921. The summed E-state index contributed by atoms with van der Waals surface area (Å²) in [4.78, 5) is 33.4. The first kappa shape index (κ1) is 8.64. The van der Waals surface area contributed by atoms with E-state index in [9.17, 15) is 14.4 Å². The molecule has 0 aliphatic carbocycles. The van der Waals surface area contributed by atoms with Gasteiger partial charge in [-0.1, -0.05) is 0 Å². The van der Waals surface area contributed by atoms with E-state index in [1.54, 1.807) is 0 Å². The van der Waals surface area contributed by atoms with E-state index in [0.29, 0.717) is 0 Å². The highest BCUT2D eigenvalue weighted by molar-refractivity contribution is 6.13. The molecule has 0 atom stereocenters. The molecule has 0 saturated heterocycles. The Morgan fingerprint density at radius 1 is 1.33 bits per heavy atom. The molecular formula is C8H9NO3. The van der Waals surface area contributed by atoms with Crippen LogP contribution in [0.4, 0.5) is 0 Å². The Hall–Kier alpha value is -1.45. The van der Waals surface area contributed by atoms with E-state index in [0.717, 1.165) is 4.90 Å². The highest BCUT2D eigenvalue weighted by Crippen LogP contribution is 2.03. The number of hydrogen-bond acceptors (Lipinski definition) is 3. The van der Waals surface area contributed by atoms with E-state index in [-0.39, 0.29) is 30.6 Å². The lowest BCUT2D eigenvalue weighted by Crippen LogP contribution is -2.31. The first-order valence-corrected chi connectivity index (χ1v) is 3.64. The summed E-state index contributed by atoms with van der Waals surface area (Å²) in [5.41, 5.74) is 0. The van der Waals surface area contributed by atoms with Crippen molar-refractivity contribution in [3.05, 3.63) is 12.2 Å². The molecular weight excluding hydrogens is 158 g/mol. The quantitative estimate of drug-likeness (QED) is 0.551. The highest BCUT2D eigenvalue weighted by Gasteiger charge is 2.22. The Balaban J connectivity index is 2.48. The summed E-state index contributed by atoms with van der Waals surface area (Å²) >= 11 is 0. The molecule has 0 N–H and O–H groups in total. The third kappa shape index (κ3) is 1.78. The van der Waals surface area contributed by atoms with Crippen LogP contribution in [-0.2, 0) is 14.4 Å². The maximum atomic E-state index is 10.9. The van der Waals surface area contributed by atoms with Crippen molar-refractivity contribution in [2.75, 3.05) is 6.54 Å². The second-order valence-electron chi connectivity index (χ2n) is 2.61. The molecule has 12 heavy (non-hydrogen) atoms. The molecule has 4 nitrogen and oxygen atoms in total. The van der Waals surface area contributed by atoms with Crippen LogP contribution < -0.4 is 0 Å². The van der Waals surface area contributed by atoms with Crippen molar-refractivity contribution < 1.29 is 14.4 Å².